The Bertz CT molecular complexity index is 915. The van der Waals surface area contributed by atoms with Gasteiger partial charge < -0.3 is 10.1 Å². The van der Waals surface area contributed by atoms with Crippen molar-refractivity contribution in [3.05, 3.63) is 47.0 Å². The zero-order valence-electron chi connectivity index (χ0n) is 14.3. The summed E-state index contributed by atoms with van der Waals surface area (Å²) in [7, 11) is 1.58. The summed E-state index contributed by atoms with van der Waals surface area (Å²) >= 11 is 0. The number of aryl methyl sites for hydroxylation is 3. The number of ether oxygens (including phenoxy) is 1. The van der Waals surface area contributed by atoms with Crippen LogP contribution in [0.25, 0.3) is 11.0 Å². The number of amides is 1. The molecular formula is C18H20N4O2. The van der Waals surface area contributed by atoms with E-state index in [9.17, 15) is 4.79 Å². The summed E-state index contributed by atoms with van der Waals surface area (Å²) in [4.78, 5) is 12.4. The quantitative estimate of drug-likeness (QED) is 0.801. The van der Waals surface area contributed by atoms with Gasteiger partial charge in [0.2, 0.25) is 5.91 Å². The number of anilines is 1. The first-order valence-corrected chi connectivity index (χ1v) is 7.73. The lowest BCUT2D eigenvalue weighted by molar-refractivity contribution is -0.116. The first kappa shape index (κ1) is 16.0. The number of carbonyl (C=O) groups excluding carboxylic acids is 1. The Balaban J connectivity index is 1.83. The molecule has 3 rings (SSSR count). The molecule has 0 spiro atoms. The molecule has 0 atom stereocenters. The Kier molecular flexibility index (Phi) is 4.20. The predicted octanol–water partition coefficient (Wildman–Crippen LogP) is 3.00. The van der Waals surface area contributed by atoms with Gasteiger partial charge in [-0.05, 0) is 61.7 Å². The highest BCUT2D eigenvalue weighted by Gasteiger charge is 2.12. The van der Waals surface area contributed by atoms with E-state index in [1.807, 2.05) is 51.1 Å². The third kappa shape index (κ3) is 3.08. The maximum Gasteiger partial charge on any atom is 0.246 e. The number of methoxy groups -OCH3 is 1. The number of hydrogen-bond donors (Lipinski definition) is 1. The summed E-state index contributed by atoms with van der Waals surface area (Å²) in [6.07, 6.45) is 0. The number of rotatable bonds is 4. The van der Waals surface area contributed by atoms with Gasteiger partial charge in [0.1, 0.15) is 17.8 Å². The minimum Gasteiger partial charge on any atom is -0.495 e. The molecule has 6 nitrogen and oxygen atoms in total. The second kappa shape index (κ2) is 6.31. The van der Waals surface area contributed by atoms with Crippen molar-refractivity contribution in [2.24, 2.45) is 0 Å². The van der Waals surface area contributed by atoms with Crippen LogP contribution in [0.5, 0.6) is 5.75 Å². The Labute approximate surface area is 140 Å². The third-order valence-corrected chi connectivity index (χ3v) is 4.05. The first-order chi connectivity index (χ1) is 11.5. The molecule has 0 radical (unpaired) electrons. The van der Waals surface area contributed by atoms with Gasteiger partial charge in [0, 0.05) is 0 Å². The van der Waals surface area contributed by atoms with Crippen LogP contribution in [0.4, 0.5) is 5.69 Å². The monoisotopic (exact) mass is 324 g/mol. The van der Waals surface area contributed by atoms with Gasteiger partial charge >= 0.3 is 0 Å². The summed E-state index contributed by atoms with van der Waals surface area (Å²) < 4.78 is 6.90. The number of aromatic nitrogens is 3. The zero-order chi connectivity index (χ0) is 17.3. The number of nitrogens with one attached hydrogen (secondary N) is 1. The number of benzene rings is 2. The van der Waals surface area contributed by atoms with Gasteiger partial charge in [-0.25, -0.2) is 4.68 Å². The predicted molar refractivity (Wildman–Crippen MR) is 93.4 cm³/mol. The van der Waals surface area contributed by atoms with Gasteiger partial charge in [-0.15, -0.1) is 5.10 Å². The van der Waals surface area contributed by atoms with E-state index in [2.05, 4.69) is 15.6 Å². The molecule has 3 aromatic rings. The van der Waals surface area contributed by atoms with Crippen molar-refractivity contribution in [2.75, 3.05) is 12.4 Å². The van der Waals surface area contributed by atoms with Gasteiger partial charge in [0.05, 0.1) is 18.3 Å². The van der Waals surface area contributed by atoms with Gasteiger partial charge in [0.15, 0.2) is 0 Å². The molecule has 124 valence electrons. The summed E-state index contributed by atoms with van der Waals surface area (Å²) in [5.74, 6) is 0.452. The molecule has 0 saturated carbocycles. The zero-order valence-corrected chi connectivity index (χ0v) is 14.3. The fourth-order valence-corrected chi connectivity index (χ4v) is 2.58. The lowest BCUT2D eigenvalue weighted by atomic mass is 10.1. The van der Waals surface area contributed by atoms with Crippen LogP contribution >= 0.6 is 0 Å². The second-order valence-electron chi connectivity index (χ2n) is 5.92. The van der Waals surface area contributed by atoms with Crippen LogP contribution in [-0.4, -0.2) is 28.0 Å². The van der Waals surface area contributed by atoms with Crippen molar-refractivity contribution < 1.29 is 9.53 Å². The molecule has 1 heterocycles. The molecule has 1 amide bonds. The molecule has 0 unspecified atom stereocenters. The van der Waals surface area contributed by atoms with E-state index in [1.165, 1.54) is 0 Å². The summed E-state index contributed by atoms with van der Waals surface area (Å²) in [5, 5.41) is 11.1. The van der Waals surface area contributed by atoms with Crippen LogP contribution in [0, 0.1) is 20.8 Å². The fraction of sp³-hybridized carbons (Fsp3) is 0.278. The number of hydrogen-bond acceptors (Lipinski definition) is 4. The van der Waals surface area contributed by atoms with Crippen LogP contribution in [-0.2, 0) is 11.3 Å². The molecule has 1 aromatic heterocycles. The normalized spacial score (nSPS) is 10.8. The highest BCUT2D eigenvalue weighted by Crippen LogP contribution is 2.25. The van der Waals surface area contributed by atoms with Crippen molar-refractivity contribution in [3.63, 3.8) is 0 Å². The lowest BCUT2D eigenvalue weighted by Crippen LogP contribution is -2.20. The summed E-state index contributed by atoms with van der Waals surface area (Å²) in [5.41, 5.74) is 5.64. The van der Waals surface area contributed by atoms with E-state index in [0.717, 1.165) is 27.7 Å². The van der Waals surface area contributed by atoms with Crippen LogP contribution < -0.4 is 10.1 Å². The molecule has 0 aliphatic rings. The van der Waals surface area contributed by atoms with E-state index in [4.69, 9.17) is 4.74 Å². The summed E-state index contributed by atoms with van der Waals surface area (Å²) in [6, 6.07) is 9.64. The van der Waals surface area contributed by atoms with Crippen LogP contribution in [0.2, 0.25) is 0 Å². The molecule has 0 aliphatic heterocycles. The van der Waals surface area contributed by atoms with Crippen molar-refractivity contribution >= 4 is 22.6 Å². The van der Waals surface area contributed by atoms with Crippen LogP contribution in [0.3, 0.4) is 0 Å². The Morgan fingerprint density at radius 2 is 1.92 bits per heavy atom. The van der Waals surface area contributed by atoms with Crippen molar-refractivity contribution in [3.8, 4) is 5.75 Å². The fourth-order valence-electron chi connectivity index (χ4n) is 2.58. The second-order valence-corrected chi connectivity index (χ2v) is 5.92. The van der Waals surface area contributed by atoms with Gasteiger partial charge in [0.25, 0.3) is 0 Å². The van der Waals surface area contributed by atoms with E-state index >= 15 is 0 Å². The topological polar surface area (TPSA) is 69.0 Å². The molecule has 24 heavy (non-hydrogen) atoms. The Morgan fingerprint density at radius 1 is 1.17 bits per heavy atom. The molecule has 1 N–H and O–H groups in total. The van der Waals surface area contributed by atoms with E-state index in [0.29, 0.717) is 11.4 Å². The van der Waals surface area contributed by atoms with Crippen molar-refractivity contribution in [1.29, 1.82) is 0 Å². The first-order valence-electron chi connectivity index (χ1n) is 7.73. The van der Waals surface area contributed by atoms with Gasteiger partial charge in [-0.2, -0.15) is 0 Å². The molecule has 0 saturated heterocycles. The van der Waals surface area contributed by atoms with Crippen LogP contribution in [0.1, 0.15) is 16.7 Å². The molecule has 6 heteroatoms. The smallest absolute Gasteiger partial charge is 0.246 e. The van der Waals surface area contributed by atoms with E-state index in [1.54, 1.807) is 11.8 Å². The summed E-state index contributed by atoms with van der Waals surface area (Å²) in [6.45, 7) is 6.12. The SMILES string of the molecule is COc1ccc(C)cc1NC(=O)Cn1nnc2cc(C)c(C)cc21. The van der Waals surface area contributed by atoms with E-state index < -0.39 is 0 Å². The molecular weight excluding hydrogens is 304 g/mol. The van der Waals surface area contributed by atoms with E-state index in [-0.39, 0.29) is 12.5 Å². The van der Waals surface area contributed by atoms with Gasteiger partial charge in [-0.3, -0.25) is 4.79 Å². The minimum absolute atomic E-state index is 0.0934. The number of fused-ring (bicyclic) bond motifs is 1. The molecule has 2 aromatic carbocycles. The number of carbonyl (C=O) groups is 1. The molecule has 0 fully saturated rings. The Hall–Kier alpha value is -2.89. The average molecular weight is 324 g/mol. The third-order valence-electron chi connectivity index (χ3n) is 4.05. The lowest BCUT2D eigenvalue weighted by Gasteiger charge is -2.11. The highest BCUT2D eigenvalue weighted by atomic mass is 16.5. The number of nitrogens with zero attached hydrogens (tertiary/aromatic N) is 3. The van der Waals surface area contributed by atoms with Crippen LogP contribution in [0.15, 0.2) is 30.3 Å². The standard InChI is InChI=1S/C18H20N4O2/c1-11-5-6-17(24-4)15(7-11)19-18(23)10-22-16-9-13(3)12(2)8-14(16)20-21-22/h5-9H,10H2,1-4H3,(H,19,23). The molecule has 0 aliphatic carbocycles. The maximum atomic E-state index is 12.4. The highest BCUT2D eigenvalue weighted by molar-refractivity contribution is 5.93. The Morgan fingerprint density at radius 3 is 2.67 bits per heavy atom. The van der Waals surface area contributed by atoms with Crippen molar-refractivity contribution in [1.82, 2.24) is 15.0 Å². The largest absolute Gasteiger partial charge is 0.495 e. The minimum atomic E-state index is -0.177. The van der Waals surface area contributed by atoms with Gasteiger partial charge in [-0.1, -0.05) is 11.3 Å². The molecule has 0 bridgehead atoms. The maximum absolute atomic E-state index is 12.4. The van der Waals surface area contributed by atoms with Crippen molar-refractivity contribution in [2.45, 2.75) is 27.3 Å². The average Bonchev–Trinajstić information content (AvgIpc) is 2.90.